The van der Waals surface area contributed by atoms with E-state index in [1.54, 1.807) is 11.3 Å². The van der Waals surface area contributed by atoms with E-state index in [-0.39, 0.29) is 6.10 Å². The Labute approximate surface area is 130 Å². The van der Waals surface area contributed by atoms with Gasteiger partial charge < -0.3 is 10.4 Å². The average molecular weight is 304 g/mol. The quantitative estimate of drug-likeness (QED) is 0.905. The molecule has 0 radical (unpaired) electrons. The zero-order valence-corrected chi connectivity index (χ0v) is 13.6. The summed E-state index contributed by atoms with van der Waals surface area (Å²) in [6.45, 7) is 4.51. The third-order valence-corrected chi connectivity index (χ3v) is 5.88. The Balaban J connectivity index is 1.65. The minimum absolute atomic E-state index is 0.0833. The fourth-order valence-electron chi connectivity index (χ4n) is 3.06. The first-order valence-corrected chi connectivity index (χ1v) is 8.74. The highest BCUT2D eigenvalue weighted by Crippen LogP contribution is 2.30. The smallest absolute Gasteiger partial charge is 0.0982 e. The van der Waals surface area contributed by atoms with E-state index >= 15 is 0 Å². The van der Waals surface area contributed by atoms with Crippen molar-refractivity contribution in [2.24, 2.45) is 0 Å². The molecule has 4 heteroatoms. The van der Waals surface area contributed by atoms with Gasteiger partial charge in [0.1, 0.15) is 0 Å². The molecule has 2 aromatic rings. The van der Waals surface area contributed by atoms with E-state index in [0.29, 0.717) is 18.0 Å². The molecule has 2 unspecified atom stereocenters. The van der Waals surface area contributed by atoms with Gasteiger partial charge in [0, 0.05) is 18.0 Å². The number of para-hydroxylation sites is 1. The van der Waals surface area contributed by atoms with Gasteiger partial charge in [-0.05, 0) is 44.7 Å². The molecule has 0 bridgehead atoms. The van der Waals surface area contributed by atoms with Gasteiger partial charge in [0.05, 0.1) is 21.3 Å². The molecule has 2 atom stereocenters. The molecule has 21 heavy (non-hydrogen) atoms. The summed E-state index contributed by atoms with van der Waals surface area (Å²) in [5.74, 6) is 0.411. The number of nitrogens with one attached hydrogen (secondary N) is 1. The lowest BCUT2D eigenvalue weighted by molar-refractivity contribution is 0.114. The molecule has 1 heterocycles. The highest BCUT2D eigenvalue weighted by Gasteiger charge is 2.24. The van der Waals surface area contributed by atoms with E-state index in [1.165, 1.54) is 9.71 Å². The van der Waals surface area contributed by atoms with Gasteiger partial charge in [-0.25, -0.2) is 4.98 Å². The van der Waals surface area contributed by atoms with Crippen LogP contribution in [0.5, 0.6) is 0 Å². The second kappa shape index (κ2) is 6.42. The van der Waals surface area contributed by atoms with Crippen LogP contribution in [0.25, 0.3) is 10.2 Å². The van der Waals surface area contributed by atoms with Crippen molar-refractivity contribution in [3.8, 4) is 0 Å². The molecular weight excluding hydrogens is 280 g/mol. The van der Waals surface area contributed by atoms with Crippen molar-refractivity contribution in [1.82, 2.24) is 10.3 Å². The largest absolute Gasteiger partial charge is 0.393 e. The Kier molecular flexibility index (Phi) is 4.57. The Morgan fingerprint density at radius 3 is 2.62 bits per heavy atom. The van der Waals surface area contributed by atoms with Crippen molar-refractivity contribution in [3.63, 3.8) is 0 Å². The number of thiazole rings is 1. The lowest BCUT2D eigenvalue weighted by Gasteiger charge is -2.30. The van der Waals surface area contributed by atoms with Crippen LogP contribution >= 0.6 is 11.3 Å². The Bertz CT molecular complexity index is 556. The Morgan fingerprint density at radius 1 is 1.19 bits per heavy atom. The van der Waals surface area contributed by atoms with Crippen molar-refractivity contribution in [3.05, 3.63) is 29.3 Å². The lowest BCUT2D eigenvalue weighted by Crippen LogP contribution is -2.42. The third-order valence-electron chi connectivity index (χ3n) is 4.65. The van der Waals surface area contributed by atoms with Crippen LogP contribution in [0.2, 0.25) is 0 Å². The van der Waals surface area contributed by atoms with Crippen LogP contribution in [0.15, 0.2) is 24.3 Å². The summed E-state index contributed by atoms with van der Waals surface area (Å²) in [6.07, 6.45) is 3.94. The van der Waals surface area contributed by atoms with E-state index in [0.717, 1.165) is 31.2 Å². The van der Waals surface area contributed by atoms with Gasteiger partial charge >= 0.3 is 0 Å². The van der Waals surface area contributed by atoms with Gasteiger partial charge in [-0.3, -0.25) is 0 Å². The molecule has 114 valence electrons. The number of benzene rings is 1. The van der Waals surface area contributed by atoms with Crippen molar-refractivity contribution >= 4 is 21.6 Å². The molecule has 3 rings (SSSR count). The number of aliphatic hydroxyl groups is 1. The molecule has 3 nitrogen and oxygen atoms in total. The molecule has 1 fully saturated rings. The molecule has 1 aliphatic rings. The molecular formula is C17H24N2OS. The van der Waals surface area contributed by atoms with Gasteiger partial charge in [0.25, 0.3) is 0 Å². The summed E-state index contributed by atoms with van der Waals surface area (Å²) < 4.78 is 1.27. The lowest BCUT2D eigenvalue weighted by atomic mass is 9.91. The first-order valence-electron chi connectivity index (χ1n) is 7.93. The van der Waals surface area contributed by atoms with Crippen molar-refractivity contribution in [2.75, 3.05) is 0 Å². The van der Waals surface area contributed by atoms with E-state index in [4.69, 9.17) is 4.98 Å². The second-order valence-corrected chi connectivity index (χ2v) is 7.33. The van der Waals surface area contributed by atoms with Gasteiger partial charge in [0.2, 0.25) is 0 Å². The van der Waals surface area contributed by atoms with E-state index in [9.17, 15) is 5.11 Å². The van der Waals surface area contributed by atoms with Gasteiger partial charge in [-0.1, -0.05) is 19.1 Å². The molecule has 1 aromatic carbocycles. The number of hydrogen-bond donors (Lipinski definition) is 2. The molecule has 0 amide bonds. The predicted octanol–water partition coefficient (Wildman–Crippen LogP) is 3.68. The van der Waals surface area contributed by atoms with Crippen LogP contribution < -0.4 is 5.32 Å². The highest BCUT2D eigenvalue weighted by molar-refractivity contribution is 7.18. The fraction of sp³-hybridized carbons (Fsp3) is 0.588. The minimum atomic E-state index is -0.0833. The number of hydrogen-bond acceptors (Lipinski definition) is 4. The molecule has 1 aromatic heterocycles. The topological polar surface area (TPSA) is 45.1 Å². The molecule has 1 aliphatic carbocycles. The van der Waals surface area contributed by atoms with Crippen LogP contribution in [-0.2, 0) is 0 Å². The summed E-state index contributed by atoms with van der Waals surface area (Å²) >= 11 is 1.81. The zero-order valence-electron chi connectivity index (χ0n) is 12.7. The second-order valence-electron chi connectivity index (χ2n) is 6.27. The third kappa shape index (κ3) is 3.44. The fourth-order valence-corrected chi connectivity index (χ4v) is 4.18. The predicted molar refractivity (Wildman–Crippen MR) is 88.9 cm³/mol. The Morgan fingerprint density at radius 2 is 1.90 bits per heavy atom. The maximum atomic E-state index is 9.59. The van der Waals surface area contributed by atoms with E-state index in [1.807, 2.05) is 6.07 Å². The van der Waals surface area contributed by atoms with E-state index in [2.05, 4.69) is 37.4 Å². The number of aromatic nitrogens is 1. The van der Waals surface area contributed by atoms with Gasteiger partial charge in [-0.15, -0.1) is 11.3 Å². The standard InChI is InChI=1S/C17H24N2OS/c1-11(12(2)18-13-7-9-14(20)10-8-13)17-19-15-5-3-4-6-16(15)21-17/h3-6,11-14,18,20H,7-10H2,1-2H3. The number of fused-ring (bicyclic) bond motifs is 1. The van der Waals surface area contributed by atoms with Crippen molar-refractivity contribution in [2.45, 2.75) is 63.6 Å². The number of nitrogens with zero attached hydrogens (tertiary/aromatic N) is 1. The number of rotatable bonds is 4. The average Bonchev–Trinajstić information content (AvgIpc) is 2.92. The molecule has 0 aliphatic heterocycles. The SMILES string of the molecule is CC(NC1CCC(O)CC1)C(C)c1nc2ccccc2s1. The maximum Gasteiger partial charge on any atom is 0.0982 e. The highest BCUT2D eigenvalue weighted by atomic mass is 32.1. The Hall–Kier alpha value is -0.970. The number of aliphatic hydroxyl groups excluding tert-OH is 1. The molecule has 0 saturated heterocycles. The van der Waals surface area contributed by atoms with Gasteiger partial charge in [-0.2, -0.15) is 0 Å². The molecule has 2 N–H and O–H groups in total. The van der Waals surface area contributed by atoms with Crippen LogP contribution in [0.3, 0.4) is 0 Å². The molecule has 0 spiro atoms. The summed E-state index contributed by atoms with van der Waals surface area (Å²) in [4.78, 5) is 4.78. The van der Waals surface area contributed by atoms with Crippen LogP contribution in [0, 0.1) is 0 Å². The monoisotopic (exact) mass is 304 g/mol. The first-order chi connectivity index (χ1) is 10.1. The maximum absolute atomic E-state index is 9.59. The van der Waals surface area contributed by atoms with E-state index < -0.39 is 0 Å². The summed E-state index contributed by atoms with van der Waals surface area (Å²) in [5.41, 5.74) is 1.11. The van der Waals surface area contributed by atoms with Crippen molar-refractivity contribution in [1.29, 1.82) is 0 Å². The summed E-state index contributed by atoms with van der Waals surface area (Å²) in [7, 11) is 0. The minimum Gasteiger partial charge on any atom is -0.393 e. The molecule has 1 saturated carbocycles. The summed E-state index contributed by atoms with van der Waals surface area (Å²) in [5, 5.41) is 14.5. The van der Waals surface area contributed by atoms with Crippen molar-refractivity contribution < 1.29 is 5.11 Å². The van der Waals surface area contributed by atoms with Crippen LogP contribution in [-0.4, -0.2) is 28.3 Å². The zero-order chi connectivity index (χ0) is 14.8. The first kappa shape index (κ1) is 14.9. The van der Waals surface area contributed by atoms with Gasteiger partial charge in [0.15, 0.2) is 0 Å². The van der Waals surface area contributed by atoms with Crippen LogP contribution in [0.4, 0.5) is 0 Å². The van der Waals surface area contributed by atoms with Crippen LogP contribution in [0.1, 0.15) is 50.5 Å². The summed E-state index contributed by atoms with van der Waals surface area (Å²) in [6, 6.07) is 9.30. The normalized spacial score (nSPS) is 25.9.